The lowest BCUT2D eigenvalue weighted by Gasteiger charge is -2.13. The number of nitrogens with one attached hydrogen (secondary N) is 2. The van der Waals surface area contributed by atoms with Crippen molar-refractivity contribution in [1.29, 1.82) is 0 Å². The SMILES string of the molecule is CCOC(=O)c1cnn(-c2ccc(C(=O)Nc3cccc(-c4ccc(=O)[nH]n4)c3)cc2)c1C(F)(F)F. The number of H-pyrrole nitrogens is 1. The number of hydrogen-bond donors (Lipinski definition) is 2. The van der Waals surface area contributed by atoms with Gasteiger partial charge in [0.15, 0.2) is 5.69 Å². The van der Waals surface area contributed by atoms with E-state index in [0.717, 1.165) is 6.20 Å². The number of esters is 1. The lowest BCUT2D eigenvalue weighted by Crippen LogP contribution is -2.18. The second-order valence-electron chi connectivity index (χ2n) is 7.43. The van der Waals surface area contributed by atoms with Crippen molar-refractivity contribution in [2.75, 3.05) is 11.9 Å². The Morgan fingerprint density at radius 2 is 1.83 bits per heavy atom. The number of carbonyl (C=O) groups excluding carboxylic acids is 2. The number of hydrogen-bond acceptors (Lipinski definition) is 6. The number of benzene rings is 2. The lowest BCUT2D eigenvalue weighted by atomic mass is 10.1. The molecule has 2 heterocycles. The zero-order chi connectivity index (χ0) is 25.9. The van der Waals surface area contributed by atoms with E-state index in [1.54, 1.807) is 24.3 Å². The van der Waals surface area contributed by atoms with Crippen LogP contribution in [-0.2, 0) is 10.9 Å². The van der Waals surface area contributed by atoms with Crippen LogP contribution in [0, 0.1) is 0 Å². The Balaban J connectivity index is 1.56. The van der Waals surface area contributed by atoms with Gasteiger partial charge in [0, 0.05) is 22.9 Å². The van der Waals surface area contributed by atoms with E-state index in [1.165, 1.54) is 43.3 Å². The number of carbonyl (C=O) groups is 2. The van der Waals surface area contributed by atoms with E-state index in [2.05, 4.69) is 20.6 Å². The molecule has 9 nitrogen and oxygen atoms in total. The van der Waals surface area contributed by atoms with Crippen molar-refractivity contribution in [3.63, 3.8) is 0 Å². The molecule has 0 aliphatic heterocycles. The fourth-order valence-electron chi connectivity index (χ4n) is 3.39. The molecule has 0 saturated heterocycles. The van der Waals surface area contributed by atoms with Gasteiger partial charge in [-0.1, -0.05) is 12.1 Å². The number of ether oxygens (including phenoxy) is 1. The molecule has 0 radical (unpaired) electrons. The second-order valence-corrected chi connectivity index (χ2v) is 7.43. The van der Waals surface area contributed by atoms with Crippen LogP contribution in [0.15, 0.2) is 71.7 Å². The third kappa shape index (κ3) is 5.17. The highest BCUT2D eigenvalue weighted by molar-refractivity contribution is 6.04. The molecule has 4 rings (SSSR count). The first-order valence-corrected chi connectivity index (χ1v) is 10.6. The van der Waals surface area contributed by atoms with Crippen LogP contribution >= 0.6 is 0 Å². The molecule has 12 heteroatoms. The molecule has 1 amide bonds. The summed E-state index contributed by atoms with van der Waals surface area (Å²) in [7, 11) is 0. The number of aromatic amines is 1. The molecule has 0 bridgehead atoms. The summed E-state index contributed by atoms with van der Waals surface area (Å²) in [5.41, 5.74) is -0.555. The Morgan fingerprint density at radius 1 is 1.08 bits per heavy atom. The van der Waals surface area contributed by atoms with Gasteiger partial charge >= 0.3 is 12.1 Å². The van der Waals surface area contributed by atoms with Crippen LogP contribution in [0.1, 0.15) is 33.3 Å². The molecule has 0 aliphatic carbocycles. The van der Waals surface area contributed by atoms with Crippen molar-refractivity contribution in [2.24, 2.45) is 0 Å². The van der Waals surface area contributed by atoms with Gasteiger partial charge in [-0.05, 0) is 49.4 Å². The molecule has 2 N–H and O–H groups in total. The Hall–Kier alpha value is -4.74. The molecule has 4 aromatic rings. The highest BCUT2D eigenvalue weighted by atomic mass is 19.4. The molecule has 0 saturated carbocycles. The number of alkyl halides is 3. The smallest absolute Gasteiger partial charge is 0.434 e. The van der Waals surface area contributed by atoms with Gasteiger partial charge in [0.05, 0.1) is 24.2 Å². The van der Waals surface area contributed by atoms with Crippen molar-refractivity contribution < 1.29 is 27.5 Å². The molecule has 2 aromatic heterocycles. The molecule has 0 unspecified atom stereocenters. The summed E-state index contributed by atoms with van der Waals surface area (Å²) < 4.78 is 46.4. The normalized spacial score (nSPS) is 11.2. The lowest BCUT2D eigenvalue weighted by molar-refractivity contribution is -0.143. The summed E-state index contributed by atoms with van der Waals surface area (Å²) in [6.07, 6.45) is -4.08. The van der Waals surface area contributed by atoms with E-state index >= 15 is 0 Å². The number of anilines is 1. The van der Waals surface area contributed by atoms with E-state index in [4.69, 9.17) is 4.74 Å². The van der Waals surface area contributed by atoms with Crippen LogP contribution in [0.25, 0.3) is 16.9 Å². The average Bonchev–Trinajstić information content (AvgIpc) is 3.31. The number of nitrogens with zero attached hydrogens (tertiary/aromatic N) is 3. The number of aromatic nitrogens is 4. The number of rotatable bonds is 6. The topological polar surface area (TPSA) is 119 Å². The summed E-state index contributed by atoms with van der Waals surface area (Å²) in [5.74, 6) is -1.64. The van der Waals surface area contributed by atoms with Gasteiger partial charge in [-0.2, -0.15) is 23.4 Å². The van der Waals surface area contributed by atoms with E-state index in [1.807, 2.05) is 0 Å². The quantitative estimate of drug-likeness (QED) is 0.388. The summed E-state index contributed by atoms with van der Waals surface area (Å²) >= 11 is 0. The minimum Gasteiger partial charge on any atom is -0.462 e. The highest BCUT2D eigenvalue weighted by Crippen LogP contribution is 2.34. The Bertz CT molecular complexity index is 1460. The number of halogens is 3. The maximum Gasteiger partial charge on any atom is 0.434 e. The van der Waals surface area contributed by atoms with Crippen molar-refractivity contribution in [2.45, 2.75) is 13.1 Å². The second kappa shape index (κ2) is 9.86. The van der Waals surface area contributed by atoms with E-state index in [9.17, 15) is 27.6 Å². The van der Waals surface area contributed by atoms with Gasteiger partial charge in [0.2, 0.25) is 0 Å². The summed E-state index contributed by atoms with van der Waals surface area (Å²) in [6.45, 7) is 1.39. The van der Waals surface area contributed by atoms with Crippen molar-refractivity contribution >= 4 is 17.6 Å². The molecule has 36 heavy (non-hydrogen) atoms. The third-order valence-corrected chi connectivity index (χ3v) is 5.00. The first kappa shape index (κ1) is 24.4. The number of amides is 1. The molecular weight excluding hydrogens is 479 g/mol. The van der Waals surface area contributed by atoms with Crippen LogP contribution in [0.3, 0.4) is 0 Å². The van der Waals surface area contributed by atoms with Crippen molar-refractivity contribution in [3.8, 4) is 16.9 Å². The third-order valence-electron chi connectivity index (χ3n) is 5.00. The Morgan fingerprint density at radius 3 is 2.47 bits per heavy atom. The fourth-order valence-corrected chi connectivity index (χ4v) is 3.39. The standard InChI is InChI=1S/C24H18F3N5O4/c1-2-36-23(35)18-13-28-32(21(18)24(25,26)27)17-8-6-14(7-9-17)22(34)29-16-5-3-4-15(12-16)19-10-11-20(33)31-30-19/h3-13H,2H2,1H3,(H,29,34)(H,31,33). The van der Waals surface area contributed by atoms with Crippen molar-refractivity contribution in [3.05, 3.63) is 94.0 Å². The largest absolute Gasteiger partial charge is 0.462 e. The van der Waals surface area contributed by atoms with Gasteiger partial charge in [-0.15, -0.1) is 0 Å². The molecular formula is C24H18F3N5O4. The minimum atomic E-state index is -4.87. The van der Waals surface area contributed by atoms with E-state index in [0.29, 0.717) is 21.6 Å². The first-order chi connectivity index (χ1) is 17.2. The van der Waals surface area contributed by atoms with Crippen LogP contribution in [-0.4, -0.2) is 38.5 Å². The Kier molecular flexibility index (Phi) is 6.68. The van der Waals surface area contributed by atoms with Gasteiger partial charge in [0.1, 0.15) is 5.56 Å². The highest BCUT2D eigenvalue weighted by Gasteiger charge is 2.41. The molecule has 0 fully saturated rings. The van der Waals surface area contributed by atoms with Crippen LogP contribution < -0.4 is 10.9 Å². The van der Waals surface area contributed by atoms with Crippen LogP contribution in [0.2, 0.25) is 0 Å². The van der Waals surface area contributed by atoms with Crippen LogP contribution in [0.4, 0.5) is 18.9 Å². The molecule has 184 valence electrons. The first-order valence-electron chi connectivity index (χ1n) is 10.6. The maximum atomic E-state index is 13.7. The maximum absolute atomic E-state index is 13.7. The molecule has 2 aromatic carbocycles. The zero-order valence-electron chi connectivity index (χ0n) is 18.7. The average molecular weight is 497 g/mol. The summed E-state index contributed by atoms with van der Waals surface area (Å²) in [6, 6.07) is 14.9. The van der Waals surface area contributed by atoms with Gasteiger partial charge in [0.25, 0.3) is 11.5 Å². The monoisotopic (exact) mass is 497 g/mol. The molecule has 0 atom stereocenters. The summed E-state index contributed by atoms with van der Waals surface area (Å²) in [5, 5.41) is 12.7. The van der Waals surface area contributed by atoms with Crippen LogP contribution in [0.5, 0.6) is 0 Å². The predicted octanol–water partition coefficient (Wildman–Crippen LogP) is 4.07. The van der Waals surface area contributed by atoms with Crippen molar-refractivity contribution in [1.82, 2.24) is 20.0 Å². The predicted molar refractivity (Wildman–Crippen MR) is 123 cm³/mol. The van der Waals surface area contributed by atoms with Gasteiger partial charge < -0.3 is 10.1 Å². The van der Waals surface area contributed by atoms with Gasteiger partial charge in [-0.25, -0.2) is 14.6 Å². The fraction of sp³-hybridized carbons (Fsp3) is 0.125. The van der Waals surface area contributed by atoms with E-state index < -0.39 is 29.3 Å². The Labute approximate surface area is 201 Å². The zero-order valence-corrected chi connectivity index (χ0v) is 18.7. The summed E-state index contributed by atoms with van der Waals surface area (Å²) in [4.78, 5) is 35.9. The molecule has 0 spiro atoms. The minimum absolute atomic E-state index is 0.000523. The van der Waals surface area contributed by atoms with E-state index in [-0.39, 0.29) is 23.4 Å². The van der Waals surface area contributed by atoms with Gasteiger partial charge in [-0.3, -0.25) is 9.59 Å². The molecule has 0 aliphatic rings.